The Morgan fingerprint density at radius 3 is 2.39 bits per heavy atom. The lowest BCUT2D eigenvalue weighted by Gasteiger charge is -2.15. The second-order valence-corrected chi connectivity index (χ2v) is 5.41. The van der Waals surface area contributed by atoms with Crippen molar-refractivity contribution in [2.45, 2.75) is 11.8 Å². The predicted octanol–water partition coefficient (Wildman–Crippen LogP) is 5.14. The summed E-state index contributed by atoms with van der Waals surface area (Å²) < 4.78 is 5.16. The van der Waals surface area contributed by atoms with Crippen LogP contribution in [-0.2, 0) is 0 Å². The molecule has 0 spiro atoms. The minimum Gasteiger partial charge on any atom is -0.497 e. The van der Waals surface area contributed by atoms with Crippen LogP contribution in [0.5, 0.6) is 5.75 Å². The molecule has 0 aliphatic rings. The molecule has 0 aromatic heterocycles. The van der Waals surface area contributed by atoms with Gasteiger partial charge < -0.3 is 4.74 Å². The molecule has 2 aromatic carbocycles. The molecule has 0 N–H and O–H groups in total. The molecule has 2 aromatic rings. The van der Waals surface area contributed by atoms with Gasteiger partial charge in [-0.2, -0.15) is 0 Å². The maximum atomic E-state index is 6.15. The highest BCUT2D eigenvalue weighted by Gasteiger charge is 2.14. The zero-order chi connectivity index (χ0) is 13.1. The van der Waals surface area contributed by atoms with Crippen molar-refractivity contribution < 1.29 is 4.74 Å². The van der Waals surface area contributed by atoms with Gasteiger partial charge in [0.05, 0.1) is 11.9 Å². The van der Waals surface area contributed by atoms with Gasteiger partial charge in [0.2, 0.25) is 0 Å². The Bertz CT molecular complexity index is 537. The smallest absolute Gasteiger partial charge is 0.118 e. The number of halogens is 2. The van der Waals surface area contributed by atoms with Gasteiger partial charge in [-0.3, -0.25) is 0 Å². The molecule has 18 heavy (non-hydrogen) atoms. The van der Waals surface area contributed by atoms with E-state index < -0.39 is 0 Å². The molecule has 2 rings (SSSR count). The third-order valence-corrected chi connectivity index (χ3v) is 4.42. The van der Waals surface area contributed by atoms with Crippen LogP contribution in [0.15, 0.2) is 42.5 Å². The van der Waals surface area contributed by atoms with Gasteiger partial charge in [-0.05, 0) is 41.8 Å². The fourth-order valence-electron chi connectivity index (χ4n) is 1.85. The number of hydrogen-bond acceptors (Lipinski definition) is 1. The molecule has 0 saturated carbocycles. The molecule has 1 atom stereocenters. The summed E-state index contributed by atoms with van der Waals surface area (Å²) in [6.45, 7) is 2.04. The standard InChI is InChI=1S/C15H14BrClO/c1-10-13(4-3-5-14(10)17)15(16)11-6-8-12(18-2)9-7-11/h3-9,15H,1-2H3. The number of benzene rings is 2. The normalized spacial score (nSPS) is 12.2. The number of ether oxygens (including phenoxy) is 1. The summed E-state index contributed by atoms with van der Waals surface area (Å²) in [6, 6.07) is 14.0. The SMILES string of the molecule is COc1ccc(C(Br)c2cccc(Cl)c2C)cc1. The molecule has 0 heterocycles. The molecule has 0 bridgehead atoms. The fraction of sp³-hybridized carbons (Fsp3) is 0.200. The Kier molecular flexibility index (Phi) is 4.31. The van der Waals surface area contributed by atoms with Gasteiger partial charge in [-0.25, -0.2) is 0 Å². The summed E-state index contributed by atoms with van der Waals surface area (Å²) in [5, 5.41) is 0.797. The first kappa shape index (κ1) is 13.4. The zero-order valence-electron chi connectivity index (χ0n) is 10.3. The monoisotopic (exact) mass is 324 g/mol. The fourth-order valence-corrected chi connectivity index (χ4v) is 2.83. The Balaban J connectivity index is 2.35. The van der Waals surface area contributed by atoms with Crippen molar-refractivity contribution in [1.82, 2.24) is 0 Å². The minimum absolute atomic E-state index is 0.141. The molecule has 0 aliphatic carbocycles. The van der Waals surface area contributed by atoms with Crippen molar-refractivity contribution in [3.63, 3.8) is 0 Å². The van der Waals surface area contributed by atoms with Crippen LogP contribution in [0, 0.1) is 6.92 Å². The van der Waals surface area contributed by atoms with Gasteiger partial charge in [-0.15, -0.1) is 0 Å². The molecule has 0 amide bonds. The Hall–Kier alpha value is -0.990. The molecule has 0 saturated heterocycles. The van der Waals surface area contributed by atoms with Crippen LogP contribution in [-0.4, -0.2) is 7.11 Å². The largest absolute Gasteiger partial charge is 0.497 e. The molecule has 1 nitrogen and oxygen atoms in total. The second kappa shape index (κ2) is 5.77. The second-order valence-electron chi connectivity index (χ2n) is 4.09. The van der Waals surface area contributed by atoms with E-state index in [1.54, 1.807) is 7.11 Å². The van der Waals surface area contributed by atoms with Crippen molar-refractivity contribution in [3.8, 4) is 5.75 Å². The Labute approximate surface area is 121 Å². The van der Waals surface area contributed by atoms with Crippen molar-refractivity contribution in [2.75, 3.05) is 7.11 Å². The van der Waals surface area contributed by atoms with Crippen LogP contribution < -0.4 is 4.74 Å². The molecule has 94 valence electrons. The first-order valence-corrected chi connectivity index (χ1v) is 6.96. The van der Waals surface area contributed by atoms with E-state index in [-0.39, 0.29) is 4.83 Å². The highest BCUT2D eigenvalue weighted by molar-refractivity contribution is 9.09. The van der Waals surface area contributed by atoms with Crippen molar-refractivity contribution in [2.24, 2.45) is 0 Å². The van der Waals surface area contributed by atoms with E-state index in [0.717, 1.165) is 16.3 Å². The number of alkyl halides is 1. The van der Waals surface area contributed by atoms with Crippen LogP contribution in [0.4, 0.5) is 0 Å². The van der Waals surface area contributed by atoms with Crippen molar-refractivity contribution in [3.05, 3.63) is 64.2 Å². The van der Waals surface area contributed by atoms with Crippen LogP contribution in [0.1, 0.15) is 21.5 Å². The van der Waals surface area contributed by atoms with Gasteiger partial charge in [0, 0.05) is 5.02 Å². The highest BCUT2D eigenvalue weighted by atomic mass is 79.9. The van der Waals surface area contributed by atoms with E-state index in [9.17, 15) is 0 Å². The van der Waals surface area contributed by atoms with E-state index in [0.29, 0.717) is 0 Å². The van der Waals surface area contributed by atoms with Gasteiger partial charge >= 0.3 is 0 Å². The summed E-state index contributed by atoms with van der Waals surface area (Å²) in [7, 11) is 1.67. The summed E-state index contributed by atoms with van der Waals surface area (Å²) in [5.41, 5.74) is 3.48. The molecule has 0 radical (unpaired) electrons. The van der Waals surface area contributed by atoms with E-state index in [4.69, 9.17) is 16.3 Å². The third kappa shape index (κ3) is 2.70. The van der Waals surface area contributed by atoms with Crippen LogP contribution in [0.3, 0.4) is 0 Å². The van der Waals surface area contributed by atoms with Gasteiger partial charge in [-0.1, -0.05) is 51.8 Å². The third-order valence-electron chi connectivity index (χ3n) is 2.99. The maximum absolute atomic E-state index is 6.15. The Morgan fingerprint density at radius 2 is 1.78 bits per heavy atom. The Morgan fingerprint density at radius 1 is 1.11 bits per heavy atom. The summed E-state index contributed by atoms with van der Waals surface area (Å²) in [4.78, 5) is 0.141. The maximum Gasteiger partial charge on any atom is 0.118 e. The topological polar surface area (TPSA) is 9.23 Å². The molecule has 3 heteroatoms. The van der Waals surface area contributed by atoms with E-state index >= 15 is 0 Å². The number of methoxy groups -OCH3 is 1. The lowest BCUT2D eigenvalue weighted by Crippen LogP contribution is -1.96. The molecule has 0 fully saturated rings. The summed E-state index contributed by atoms with van der Waals surface area (Å²) in [5.74, 6) is 0.862. The first-order chi connectivity index (χ1) is 8.63. The predicted molar refractivity (Wildman–Crippen MR) is 80.0 cm³/mol. The highest BCUT2D eigenvalue weighted by Crippen LogP contribution is 2.35. The number of rotatable bonds is 3. The van der Waals surface area contributed by atoms with Gasteiger partial charge in [0.15, 0.2) is 0 Å². The molecular weight excluding hydrogens is 312 g/mol. The van der Waals surface area contributed by atoms with Crippen molar-refractivity contribution >= 4 is 27.5 Å². The van der Waals surface area contributed by atoms with E-state index in [1.807, 2.05) is 31.2 Å². The van der Waals surface area contributed by atoms with Crippen molar-refractivity contribution in [1.29, 1.82) is 0 Å². The number of hydrogen-bond donors (Lipinski definition) is 0. The van der Waals surface area contributed by atoms with Gasteiger partial charge in [0.25, 0.3) is 0 Å². The summed E-state index contributed by atoms with van der Waals surface area (Å²) in [6.07, 6.45) is 0. The lowest BCUT2D eigenvalue weighted by atomic mass is 10.0. The first-order valence-electron chi connectivity index (χ1n) is 5.66. The van der Waals surface area contributed by atoms with E-state index in [1.165, 1.54) is 11.1 Å². The average Bonchev–Trinajstić information content (AvgIpc) is 2.41. The van der Waals surface area contributed by atoms with Gasteiger partial charge in [0.1, 0.15) is 5.75 Å². The quantitative estimate of drug-likeness (QED) is 0.710. The average molecular weight is 326 g/mol. The van der Waals surface area contributed by atoms with E-state index in [2.05, 4.69) is 34.1 Å². The lowest BCUT2D eigenvalue weighted by molar-refractivity contribution is 0.414. The minimum atomic E-state index is 0.141. The van der Waals surface area contributed by atoms with Crippen LogP contribution >= 0.6 is 27.5 Å². The summed E-state index contributed by atoms with van der Waals surface area (Å²) >= 11 is 9.88. The molecule has 1 unspecified atom stereocenters. The molecule has 0 aliphatic heterocycles. The van der Waals surface area contributed by atoms with Crippen LogP contribution in [0.2, 0.25) is 5.02 Å². The van der Waals surface area contributed by atoms with Crippen LogP contribution in [0.25, 0.3) is 0 Å². The zero-order valence-corrected chi connectivity index (χ0v) is 12.6. The molecular formula is C15H14BrClO.